The maximum atomic E-state index is 4.70. The van der Waals surface area contributed by atoms with E-state index in [0.717, 1.165) is 25.0 Å². The molecular formula is C15H23N3. The molecule has 0 aliphatic rings. The molecule has 0 fully saturated rings. The summed E-state index contributed by atoms with van der Waals surface area (Å²) in [4.78, 5) is 4.70. The van der Waals surface area contributed by atoms with Crippen LogP contribution in [0.4, 0.5) is 0 Å². The van der Waals surface area contributed by atoms with Crippen molar-refractivity contribution in [3.8, 4) is 0 Å². The van der Waals surface area contributed by atoms with Gasteiger partial charge in [-0.2, -0.15) is 0 Å². The fraction of sp³-hybridized carbons (Fsp3) is 0.533. The third-order valence-corrected chi connectivity index (χ3v) is 3.25. The van der Waals surface area contributed by atoms with Gasteiger partial charge in [-0.25, -0.2) is 4.98 Å². The fourth-order valence-electron chi connectivity index (χ4n) is 2.33. The predicted octanol–water partition coefficient (Wildman–Crippen LogP) is 2.99. The Labute approximate surface area is 109 Å². The van der Waals surface area contributed by atoms with E-state index in [2.05, 4.69) is 54.9 Å². The Balaban J connectivity index is 2.25. The van der Waals surface area contributed by atoms with E-state index in [1.165, 1.54) is 17.8 Å². The minimum Gasteiger partial charge on any atom is -0.326 e. The number of aryl methyl sites for hydroxylation is 1. The second-order valence-electron chi connectivity index (χ2n) is 4.84. The first-order valence-corrected chi connectivity index (χ1v) is 6.93. The number of benzene rings is 1. The first-order chi connectivity index (χ1) is 8.76. The summed E-state index contributed by atoms with van der Waals surface area (Å²) in [5, 5.41) is 3.54. The third-order valence-electron chi connectivity index (χ3n) is 3.25. The highest BCUT2D eigenvalue weighted by molar-refractivity contribution is 5.75. The van der Waals surface area contributed by atoms with Crippen LogP contribution in [0.1, 0.15) is 33.0 Å². The summed E-state index contributed by atoms with van der Waals surface area (Å²) in [6.07, 6.45) is 2.16. The number of rotatable bonds is 6. The number of imidazole rings is 1. The molecule has 0 saturated carbocycles. The van der Waals surface area contributed by atoms with E-state index < -0.39 is 0 Å². The highest BCUT2D eigenvalue weighted by Crippen LogP contribution is 2.16. The lowest BCUT2D eigenvalue weighted by Crippen LogP contribution is -2.31. The van der Waals surface area contributed by atoms with Crippen molar-refractivity contribution in [2.75, 3.05) is 6.54 Å². The van der Waals surface area contributed by atoms with E-state index in [0.29, 0.717) is 6.04 Å². The molecule has 0 saturated heterocycles. The van der Waals surface area contributed by atoms with Gasteiger partial charge in [0.1, 0.15) is 5.82 Å². The van der Waals surface area contributed by atoms with Crippen molar-refractivity contribution in [3.63, 3.8) is 0 Å². The minimum absolute atomic E-state index is 0.479. The first kappa shape index (κ1) is 13.1. The second-order valence-corrected chi connectivity index (χ2v) is 4.84. The van der Waals surface area contributed by atoms with E-state index in [1.54, 1.807) is 0 Å². The minimum atomic E-state index is 0.479. The number of nitrogens with one attached hydrogen (secondary N) is 1. The fourth-order valence-corrected chi connectivity index (χ4v) is 2.33. The molecule has 2 aromatic rings. The molecule has 0 radical (unpaired) electrons. The standard InChI is InChI=1S/C15H23N3/c1-4-10-16-12(3)11-18-14-9-7-6-8-13(14)17-15(18)5-2/h6-9,12,16H,4-5,10-11H2,1-3H3. The second kappa shape index (κ2) is 6.01. The number of hydrogen-bond acceptors (Lipinski definition) is 2. The number of nitrogens with zero attached hydrogens (tertiary/aromatic N) is 2. The average molecular weight is 245 g/mol. The summed E-state index contributed by atoms with van der Waals surface area (Å²) in [5.41, 5.74) is 2.36. The Morgan fingerprint density at radius 1 is 1.28 bits per heavy atom. The predicted molar refractivity (Wildman–Crippen MR) is 76.9 cm³/mol. The van der Waals surface area contributed by atoms with Crippen LogP contribution in [0, 0.1) is 0 Å². The number of fused-ring (bicyclic) bond motifs is 1. The summed E-state index contributed by atoms with van der Waals surface area (Å²) >= 11 is 0. The molecule has 0 bridgehead atoms. The van der Waals surface area contributed by atoms with Gasteiger partial charge in [0, 0.05) is 19.0 Å². The van der Waals surface area contributed by atoms with Crippen molar-refractivity contribution in [1.29, 1.82) is 0 Å². The van der Waals surface area contributed by atoms with Crippen LogP contribution in [0.3, 0.4) is 0 Å². The molecule has 0 spiro atoms. The molecule has 3 nitrogen and oxygen atoms in total. The quantitative estimate of drug-likeness (QED) is 0.848. The molecule has 0 aliphatic carbocycles. The smallest absolute Gasteiger partial charge is 0.109 e. The monoisotopic (exact) mass is 245 g/mol. The Kier molecular flexibility index (Phi) is 4.37. The zero-order chi connectivity index (χ0) is 13.0. The topological polar surface area (TPSA) is 29.9 Å². The van der Waals surface area contributed by atoms with Gasteiger partial charge in [-0.05, 0) is 32.0 Å². The molecule has 3 heteroatoms. The van der Waals surface area contributed by atoms with Crippen LogP contribution in [0.5, 0.6) is 0 Å². The Morgan fingerprint density at radius 3 is 2.78 bits per heavy atom. The number of aromatic nitrogens is 2. The van der Waals surface area contributed by atoms with Gasteiger partial charge in [0.2, 0.25) is 0 Å². The molecule has 18 heavy (non-hydrogen) atoms. The van der Waals surface area contributed by atoms with Gasteiger partial charge in [0.15, 0.2) is 0 Å². The van der Waals surface area contributed by atoms with Crippen molar-refractivity contribution >= 4 is 11.0 Å². The largest absolute Gasteiger partial charge is 0.326 e. The zero-order valence-corrected chi connectivity index (χ0v) is 11.6. The van der Waals surface area contributed by atoms with E-state index in [9.17, 15) is 0 Å². The van der Waals surface area contributed by atoms with Gasteiger partial charge in [-0.1, -0.05) is 26.0 Å². The molecule has 0 amide bonds. The third kappa shape index (κ3) is 2.72. The Bertz CT molecular complexity index is 501. The summed E-state index contributed by atoms with van der Waals surface area (Å²) in [6.45, 7) is 8.68. The average Bonchev–Trinajstić information content (AvgIpc) is 2.75. The van der Waals surface area contributed by atoms with Crippen LogP contribution in [0.2, 0.25) is 0 Å². The molecule has 2 rings (SSSR count). The van der Waals surface area contributed by atoms with Crippen LogP contribution in [0.15, 0.2) is 24.3 Å². The van der Waals surface area contributed by atoms with Gasteiger partial charge in [-0.3, -0.25) is 0 Å². The molecule has 98 valence electrons. The van der Waals surface area contributed by atoms with Crippen LogP contribution >= 0.6 is 0 Å². The number of hydrogen-bond donors (Lipinski definition) is 1. The van der Waals surface area contributed by atoms with Crippen molar-refractivity contribution in [3.05, 3.63) is 30.1 Å². The van der Waals surface area contributed by atoms with Gasteiger partial charge < -0.3 is 9.88 Å². The van der Waals surface area contributed by atoms with E-state index in [1.807, 2.05) is 0 Å². The van der Waals surface area contributed by atoms with Crippen molar-refractivity contribution < 1.29 is 0 Å². The van der Waals surface area contributed by atoms with Crippen LogP contribution in [0.25, 0.3) is 11.0 Å². The van der Waals surface area contributed by atoms with Gasteiger partial charge in [0.25, 0.3) is 0 Å². The SMILES string of the molecule is CCCNC(C)Cn1c(CC)nc2ccccc21. The van der Waals surface area contributed by atoms with Crippen molar-refractivity contribution in [1.82, 2.24) is 14.9 Å². The molecule has 1 aromatic carbocycles. The summed E-state index contributed by atoms with van der Waals surface area (Å²) < 4.78 is 2.35. The van der Waals surface area contributed by atoms with Crippen LogP contribution in [-0.2, 0) is 13.0 Å². The lowest BCUT2D eigenvalue weighted by Gasteiger charge is -2.16. The zero-order valence-electron chi connectivity index (χ0n) is 11.6. The molecule has 1 atom stereocenters. The van der Waals surface area contributed by atoms with E-state index in [-0.39, 0.29) is 0 Å². The molecule has 1 N–H and O–H groups in total. The van der Waals surface area contributed by atoms with Gasteiger partial charge >= 0.3 is 0 Å². The van der Waals surface area contributed by atoms with Crippen LogP contribution in [-0.4, -0.2) is 22.1 Å². The lowest BCUT2D eigenvalue weighted by molar-refractivity contribution is 0.475. The summed E-state index contributed by atoms with van der Waals surface area (Å²) in [5.74, 6) is 1.18. The highest BCUT2D eigenvalue weighted by Gasteiger charge is 2.11. The van der Waals surface area contributed by atoms with E-state index >= 15 is 0 Å². The van der Waals surface area contributed by atoms with Gasteiger partial charge in [-0.15, -0.1) is 0 Å². The maximum Gasteiger partial charge on any atom is 0.109 e. The molecule has 1 unspecified atom stereocenters. The molecule has 1 aromatic heterocycles. The Morgan fingerprint density at radius 2 is 2.06 bits per heavy atom. The first-order valence-electron chi connectivity index (χ1n) is 6.93. The molecule has 1 heterocycles. The Hall–Kier alpha value is -1.35. The highest BCUT2D eigenvalue weighted by atomic mass is 15.1. The van der Waals surface area contributed by atoms with Gasteiger partial charge in [0.05, 0.1) is 11.0 Å². The van der Waals surface area contributed by atoms with Crippen molar-refractivity contribution in [2.45, 2.75) is 46.2 Å². The molecule has 0 aliphatic heterocycles. The molecular weight excluding hydrogens is 222 g/mol. The van der Waals surface area contributed by atoms with Crippen molar-refractivity contribution in [2.24, 2.45) is 0 Å². The van der Waals surface area contributed by atoms with Crippen LogP contribution < -0.4 is 5.32 Å². The number of para-hydroxylation sites is 2. The summed E-state index contributed by atoms with van der Waals surface area (Å²) in [7, 11) is 0. The lowest BCUT2D eigenvalue weighted by atomic mass is 10.2. The van der Waals surface area contributed by atoms with E-state index in [4.69, 9.17) is 4.98 Å². The normalized spacial score (nSPS) is 13.1. The maximum absolute atomic E-state index is 4.70. The summed E-state index contributed by atoms with van der Waals surface area (Å²) in [6, 6.07) is 8.87.